The molecule has 4 heteroatoms. The highest BCUT2D eigenvalue weighted by molar-refractivity contribution is 7.13. The first kappa shape index (κ1) is 13.4. The molecule has 1 N–H and O–H groups in total. The Morgan fingerprint density at radius 2 is 2.28 bits per heavy atom. The lowest BCUT2D eigenvalue weighted by Gasteiger charge is -2.42. The zero-order valence-electron chi connectivity index (χ0n) is 11.5. The molecule has 3 unspecified atom stereocenters. The second-order valence-electron chi connectivity index (χ2n) is 6.04. The van der Waals surface area contributed by atoms with Crippen LogP contribution in [0.3, 0.4) is 0 Å². The van der Waals surface area contributed by atoms with Gasteiger partial charge in [0.05, 0.1) is 17.7 Å². The maximum Gasteiger partial charge on any atom is 0.182 e. The van der Waals surface area contributed by atoms with Crippen molar-refractivity contribution in [2.75, 3.05) is 12.4 Å². The van der Waals surface area contributed by atoms with E-state index < -0.39 is 0 Å². The van der Waals surface area contributed by atoms with Gasteiger partial charge in [0, 0.05) is 18.3 Å². The molecule has 0 bridgehead atoms. The maximum absolute atomic E-state index is 9.32. The van der Waals surface area contributed by atoms with Crippen LogP contribution in [0.1, 0.15) is 45.2 Å². The molecule has 0 radical (unpaired) electrons. The summed E-state index contributed by atoms with van der Waals surface area (Å²) in [5, 5.41) is 15.6. The number of anilines is 1. The predicted molar refractivity (Wildman–Crippen MR) is 75.7 cm³/mol. The molecular formula is C14H21N3S. The molecule has 3 atom stereocenters. The molecule has 1 heterocycles. The number of thiazole rings is 1. The molecule has 0 aromatic carbocycles. The van der Waals surface area contributed by atoms with Crippen molar-refractivity contribution >= 4 is 16.5 Å². The van der Waals surface area contributed by atoms with Crippen LogP contribution in [0.5, 0.6) is 0 Å². The van der Waals surface area contributed by atoms with Crippen LogP contribution in [0.25, 0.3) is 0 Å². The SMILES string of the molecule is CNc1nc(C2CC(C)C(C#N)C(C)(C)C2)cs1. The Morgan fingerprint density at radius 1 is 1.56 bits per heavy atom. The molecule has 1 fully saturated rings. The van der Waals surface area contributed by atoms with Gasteiger partial charge in [-0.3, -0.25) is 0 Å². The van der Waals surface area contributed by atoms with Crippen LogP contribution in [0.2, 0.25) is 0 Å². The molecule has 3 nitrogen and oxygen atoms in total. The molecule has 0 saturated heterocycles. The summed E-state index contributed by atoms with van der Waals surface area (Å²) in [5.41, 5.74) is 1.28. The molecule has 1 aliphatic carbocycles. The normalized spacial score (nSPS) is 30.7. The summed E-state index contributed by atoms with van der Waals surface area (Å²) in [7, 11) is 1.90. The summed E-state index contributed by atoms with van der Waals surface area (Å²) in [5.74, 6) is 1.11. The van der Waals surface area contributed by atoms with Crippen LogP contribution >= 0.6 is 11.3 Å². The minimum atomic E-state index is 0.0838. The average molecular weight is 263 g/mol. The van der Waals surface area contributed by atoms with Crippen molar-refractivity contribution in [2.24, 2.45) is 17.3 Å². The van der Waals surface area contributed by atoms with Crippen molar-refractivity contribution in [3.05, 3.63) is 11.1 Å². The smallest absolute Gasteiger partial charge is 0.182 e. The molecule has 1 aromatic heterocycles. The molecule has 98 valence electrons. The predicted octanol–water partition coefficient (Wildman–Crippen LogP) is 3.86. The third-order valence-corrected chi connectivity index (χ3v) is 5.01. The van der Waals surface area contributed by atoms with Crippen LogP contribution in [0.4, 0.5) is 5.13 Å². The second-order valence-corrected chi connectivity index (χ2v) is 6.90. The van der Waals surface area contributed by atoms with Gasteiger partial charge in [-0.05, 0) is 24.2 Å². The summed E-state index contributed by atoms with van der Waals surface area (Å²) >= 11 is 1.66. The minimum absolute atomic E-state index is 0.0838. The van der Waals surface area contributed by atoms with Crippen molar-refractivity contribution in [3.8, 4) is 6.07 Å². The minimum Gasteiger partial charge on any atom is -0.365 e. The lowest BCUT2D eigenvalue weighted by atomic mass is 9.61. The van der Waals surface area contributed by atoms with E-state index in [1.807, 2.05) is 7.05 Å². The fourth-order valence-electron chi connectivity index (χ4n) is 3.32. The zero-order chi connectivity index (χ0) is 13.3. The number of nitrogens with one attached hydrogen (secondary N) is 1. The number of rotatable bonds is 2. The Balaban J connectivity index is 2.20. The molecule has 1 aromatic rings. The van der Waals surface area contributed by atoms with E-state index in [9.17, 15) is 5.26 Å². The maximum atomic E-state index is 9.32. The third-order valence-electron chi connectivity index (χ3n) is 4.13. The van der Waals surface area contributed by atoms with Gasteiger partial charge in [-0.15, -0.1) is 11.3 Å². The quantitative estimate of drug-likeness (QED) is 0.881. The molecule has 18 heavy (non-hydrogen) atoms. The van der Waals surface area contributed by atoms with Crippen LogP contribution in [-0.2, 0) is 0 Å². The Morgan fingerprint density at radius 3 is 2.78 bits per heavy atom. The Hall–Kier alpha value is -1.08. The number of nitriles is 1. The first-order chi connectivity index (χ1) is 8.47. The van der Waals surface area contributed by atoms with Crippen LogP contribution in [0.15, 0.2) is 5.38 Å². The average Bonchev–Trinajstić information content (AvgIpc) is 2.75. The largest absolute Gasteiger partial charge is 0.365 e. The van der Waals surface area contributed by atoms with Crippen molar-refractivity contribution in [3.63, 3.8) is 0 Å². The van der Waals surface area contributed by atoms with Crippen molar-refractivity contribution < 1.29 is 0 Å². The van der Waals surface area contributed by atoms with Crippen molar-refractivity contribution in [1.29, 1.82) is 5.26 Å². The van der Waals surface area contributed by atoms with Gasteiger partial charge >= 0.3 is 0 Å². The molecule has 0 spiro atoms. The summed E-state index contributed by atoms with van der Waals surface area (Å²) in [6.07, 6.45) is 2.14. The van der Waals surface area contributed by atoms with Gasteiger partial charge in [-0.2, -0.15) is 5.26 Å². The van der Waals surface area contributed by atoms with Crippen LogP contribution in [0, 0.1) is 28.6 Å². The standard InChI is InChI=1S/C14H21N3S/c1-9-5-10(6-14(2,3)11(9)7-15)12-8-18-13(16-4)17-12/h8-11H,5-6H2,1-4H3,(H,16,17). The molecule has 2 rings (SSSR count). The molecular weight excluding hydrogens is 242 g/mol. The van der Waals surface area contributed by atoms with Gasteiger partial charge in [0.1, 0.15) is 0 Å². The monoisotopic (exact) mass is 263 g/mol. The molecule has 0 aliphatic heterocycles. The summed E-state index contributed by atoms with van der Waals surface area (Å²) in [6.45, 7) is 6.64. The van der Waals surface area contributed by atoms with E-state index in [0.29, 0.717) is 11.8 Å². The summed E-state index contributed by atoms with van der Waals surface area (Å²) in [4.78, 5) is 4.63. The summed E-state index contributed by atoms with van der Waals surface area (Å²) < 4.78 is 0. The van der Waals surface area contributed by atoms with E-state index in [0.717, 1.165) is 18.0 Å². The summed E-state index contributed by atoms with van der Waals surface area (Å²) in [6, 6.07) is 2.50. The highest BCUT2D eigenvalue weighted by Crippen LogP contribution is 2.49. The van der Waals surface area contributed by atoms with E-state index >= 15 is 0 Å². The van der Waals surface area contributed by atoms with Crippen molar-refractivity contribution in [1.82, 2.24) is 4.98 Å². The van der Waals surface area contributed by atoms with E-state index in [1.54, 1.807) is 11.3 Å². The van der Waals surface area contributed by atoms with Crippen LogP contribution < -0.4 is 5.32 Å². The number of nitrogens with zero attached hydrogens (tertiary/aromatic N) is 2. The van der Waals surface area contributed by atoms with E-state index in [2.05, 4.69) is 42.5 Å². The van der Waals surface area contributed by atoms with E-state index in [4.69, 9.17) is 0 Å². The Kier molecular flexibility index (Phi) is 3.63. The fourth-order valence-corrected chi connectivity index (χ4v) is 4.07. The van der Waals surface area contributed by atoms with Crippen LogP contribution in [-0.4, -0.2) is 12.0 Å². The van der Waals surface area contributed by atoms with Gasteiger partial charge in [-0.25, -0.2) is 4.98 Å². The fraction of sp³-hybridized carbons (Fsp3) is 0.714. The highest BCUT2D eigenvalue weighted by atomic mass is 32.1. The van der Waals surface area contributed by atoms with Gasteiger partial charge in [-0.1, -0.05) is 20.8 Å². The Labute approximate surface area is 113 Å². The molecule has 1 saturated carbocycles. The lowest BCUT2D eigenvalue weighted by Crippen LogP contribution is -2.36. The second kappa shape index (κ2) is 4.89. The highest BCUT2D eigenvalue weighted by Gasteiger charge is 2.42. The van der Waals surface area contributed by atoms with Gasteiger partial charge in [0.15, 0.2) is 5.13 Å². The topological polar surface area (TPSA) is 48.7 Å². The number of hydrogen-bond acceptors (Lipinski definition) is 4. The lowest BCUT2D eigenvalue weighted by molar-refractivity contribution is 0.109. The first-order valence-electron chi connectivity index (χ1n) is 6.50. The third kappa shape index (κ3) is 2.37. The Bertz CT molecular complexity index is 458. The molecule has 1 aliphatic rings. The number of aromatic nitrogens is 1. The van der Waals surface area contributed by atoms with Gasteiger partial charge < -0.3 is 5.32 Å². The van der Waals surface area contributed by atoms with E-state index in [1.165, 1.54) is 5.69 Å². The van der Waals surface area contributed by atoms with E-state index in [-0.39, 0.29) is 11.3 Å². The first-order valence-corrected chi connectivity index (χ1v) is 7.38. The number of hydrogen-bond donors (Lipinski definition) is 1. The van der Waals surface area contributed by atoms with Gasteiger partial charge in [0.2, 0.25) is 0 Å². The zero-order valence-corrected chi connectivity index (χ0v) is 12.3. The van der Waals surface area contributed by atoms with Crippen molar-refractivity contribution in [2.45, 2.75) is 39.5 Å². The molecule has 0 amide bonds. The van der Waals surface area contributed by atoms with Gasteiger partial charge in [0.25, 0.3) is 0 Å².